The Hall–Kier alpha value is -2.54. The fourth-order valence-corrected chi connectivity index (χ4v) is 4.24. The first-order chi connectivity index (χ1) is 12.5. The van der Waals surface area contributed by atoms with Crippen molar-refractivity contribution in [2.24, 2.45) is 7.05 Å². The van der Waals surface area contributed by atoms with E-state index in [1.165, 1.54) is 27.5 Å². The van der Waals surface area contributed by atoms with E-state index in [4.69, 9.17) is 0 Å². The molecule has 1 atom stereocenters. The summed E-state index contributed by atoms with van der Waals surface area (Å²) < 4.78 is 1.49. The summed E-state index contributed by atoms with van der Waals surface area (Å²) in [6, 6.07) is 10.1. The van der Waals surface area contributed by atoms with Gasteiger partial charge in [0.1, 0.15) is 5.52 Å². The first-order valence-corrected chi connectivity index (χ1v) is 9.58. The fourth-order valence-electron chi connectivity index (χ4n) is 3.46. The van der Waals surface area contributed by atoms with Gasteiger partial charge >= 0.3 is 0 Å². The van der Waals surface area contributed by atoms with E-state index in [-0.39, 0.29) is 23.3 Å². The van der Waals surface area contributed by atoms with Crippen LogP contribution in [0.5, 0.6) is 0 Å². The maximum absolute atomic E-state index is 12.4. The van der Waals surface area contributed by atoms with Crippen LogP contribution >= 0.6 is 11.8 Å². The smallest absolute Gasteiger partial charge is 0.278 e. The molecule has 134 valence electrons. The van der Waals surface area contributed by atoms with Crippen molar-refractivity contribution >= 4 is 28.7 Å². The topological polar surface area (TPSA) is 79.8 Å². The van der Waals surface area contributed by atoms with Crippen LogP contribution in [0, 0.1) is 6.92 Å². The normalized spacial score (nSPS) is 16.0. The number of carbonyl (C=O) groups excluding carboxylic acids is 1. The van der Waals surface area contributed by atoms with Crippen molar-refractivity contribution in [3.8, 4) is 0 Å². The SMILES string of the molecule is Cc1cc2nc(SCC(=O)N[C@H]3CCc4ccccc43)n(C)c(=O)c2[nH]1. The molecule has 0 saturated heterocycles. The maximum atomic E-state index is 12.4. The predicted octanol–water partition coefficient (Wildman–Crippen LogP) is 2.47. The van der Waals surface area contributed by atoms with E-state index in [1.54, 1.807) is 7.05 Å². The van der Waals surface area contributed by atoms with E-state index < -0.39 is 0 Å². The van der Waals surface area contributed by atoms with E-state index in [9.17, 15) is 9.59 Å². The van der Waals surface area contributed by atoms with Crippen molar-refractivity contribution < 1.29 is 4.79 Å². The molecule has 2 heterocycles. The number of nitrogens with zero attached hydrogens (tertiary/aromatic N) is 2. The highest BCUT2D eigenvalue weighted by molar-refractivity contribution is 7.99. The van der Waals surface area contributed by atoms with E-state index in [0.29, 0.717) is 16.2 Å². The molecule has 0 unspecified atom stereocenters. The van der Waals surface area contributed by atoms with Crippen molar-refractivity contribution in [3.63, 3.8) is 0 Å². The van der Waals surface area contributed by atoms with Gasteiger partial charge in [-0.25, -0.2) is 4.98 Å². The number of hydrogen-bond acceptors (Lipinski definition) is 4. The summed E-state index contributed by atoms with van der Waals surface area (Å²) in [5.41, 5.74) is 4.42. The lowest BCUT2D eigenvalue weighted by molar-refractivity contribution is -0.119. The highest BCUT2D eigenvalue weighted by Gasteiger charge is 2.23. The first-order valence-electron chi connectivity index (χ1n) is 8.59. The molecule has 7 heteroatoms. The minimum absolute atomic E-state index is 0.0451. The van der Waals surface area contributed by atoms with Crippen LogP contribution in [0.2, 0.25) is 0 Å². The third-order valence-corrected chi connectivity index (χ3v) is 5.78. The van der Waals surface area contributed by atoms with Crippen molar-refractivity contribution in [3.05, 3.63) is 57.5 Å². The van der Waals surface area contributed by atoms with Crippen molar-refractivity contribution in [1.29, 1.82) is 0 Å². The molecule has 1 aliphatic rings. The van der Waals surface area contributed by atoms with Gasteiger partial charge in [-0.2, -0.15) is 0 Å². The Kier molecular flexibility index (Phi) is 4.32. The van der Waals surface area contributed by atoms with Crippen LogP contribution in [0.3, 0.4) is 0 Å². The number of benzene rings is 1. The van der Waals surface area contributed by atoms with E-state index in [0.717, 1.165) is 18.5 Å². The summed E-state index contributed by atoms with van der Waals surface area (Å²) in [6.45, 7) is 1.89. The fraction of sp³-hybridized carbons (Fsp3) is 0.316. The second-order valence-electron chi connectivity index (χ2n) is 6.62. The molecular formula is C19H20N4O2S. The van der Waals surface area contributed by atoms with E-state index in [1.807, 2.05) is 25.1 Å². The first kappa shape index (κ1) is 16.9. The number of hydrogen-bond donors (Lipinski definition) is 2. The van der Waals surface area contributed by atoms with Crippen LogP contribution in [-0.2, 0) is 18.3 Å². The average Bonchev–Trinajstić information content (AvgIpc) is 3.20. The van der Waals surface area contributed by atoms with Crippen LogP contribution in [0.15, 0.2) is 40.3 Å². The Bertz CT molecular complexity index is 1050. The zero-order valence-corrected chi connectivity index (χ0v) is 15.5. The monoisotopic (exact) mass is 368 g/mol. The Labute approximate surface area is 155 Å². The lowest BCUT2D eigenvalue weighted by atomic mass is 10.1. The Morgan fingerprint density at radius 3 is 3.08 bits per heavy atom. The molecule has 0 aliphatic heterocycles. The molecule has 1 amide bonds. The molecule has 3 aromatic rings. The summed E-state index contributed by atoms with van der Waals surface area (Å²) in [5.74, 6) is 0.185. The number of aromatic amines is 1. The molecule has 0 saturated carbocycles. The van der Waals surface area contributed by atoms with Gasteiger partial charge in [0, 0.05) is 12.7 Å². The molecule has 6 nitrogen and oxygen atoms in total. The van der Waals surface area contributed by atoms with Crippen molar-refractivity contribution in [1.82, 2.24) is 19.9 Å². The van der Waals surface area contributed by atoms with Gasteiger partial charge in [-0.15, -0.1) is 0 Å². The van der Waals surface area contributed by atoms with Crippen LogP contribution in [-0.4, -0.2) is 26.2 Å². The van der Waals surface area contributed by atoms with Gasteiger partial charge in [-0.3, -0.25) is 14.2 Å². The lowest BCUT2D eigenvalue weighted by Crippen LogP contribution is -2.29. The summed E-state index contributed by atoms with van der Waals surface area (Å²) in [7, 11) is 1.68. The zero-order valence-electron chi connectivity index (χ0n) is 14.7. The third kappa shape index (κ3) is 3.03. The molecule has 2 N–H and O–H groups in total. The molecule has 0 fully saturated rings. The zero-order chi connectivity index (χ0) is 18.3. The van der Waals surface area contributed by atoms with Crippen LogP contribution < -0.4 is 10.9 Å². The highest BCUT2D eigenvalue weighted by atomic mass is 32.2. The Balaban J connectivity index is 1.46. The molecule has 1 aliphatic carbocycles. The van der Waals surface area contributed by atoms with Crippen molar-refractivity contribution in [2.75, 3.05) is 5.75 Å². The molecule has 2 aromatic heterocycles. The molecule has 0 radical (unpaired) electrons. The Morgan fingerprint density at radius 1 is 1.42 bits per heavy atom. The molecular weight excluding hydrogens is 348 g/mol. The number of aryl methyl sites for hydroxylation is 2. The van der Waals surface area contributed by atoms with Gasteiger partial charge in [0.25, 0.3) is 5.56 Å². The minimum atomic E-state index is -0.129. The quantitative estimate of drug-likeness (QED) is 0.548. The molecule has 4 rings (SSSR count). The standard InChI is InChI=1S/C19H20N4O2S/c1-11-9-15-17(20-11)18(25)23(2)19(22-15)26-10-16(24)21-14-8-7-12-5-3-4-6-13(12)14/h3-6,9,14,20H,7-8,10H2,1-2H3,(H,21,24)/t14-/m0/s1. The van der Waals surface area contributed by atoms with E-state index >= 15 is 0 Å². The van der Waals surface area contributed by atoms with Gasteiger partial charge < -0.3 is 10.3 Å². The third-order valence-electron chi connectivity index (χ3n) is 4.75. The van der Waals surface area contributed by atoms with Gasteiger partial charge in [-0.05, 0) is 37.0 Å². The van der Waals surface area contributed by atoms with Gasteiger partial charge in [-0.1, -0.05) is 36.0 Å². The highest BCUT2D eigenvalue weighted by Crippen LogP contribution is 2.30. The number of rotatable bonds is 4. The number of nitrogens with one attached hydrogen (secondary N) is 2. The molecule has 1 aromatic carbocycles. The minimum Gasteiger partial charge on any atom is -0.353 e. The predicted molar refractivity (Wildman–Crippen MR) is 102 cm³/mol. The second-order valence-corrected chi connectivity index (χ2v) is 7.56. The number of amides is 1. The van der Waals surface area contributed by atoms with Gasteiger partial charge in [0.05, 0.1) is 17.3 Å². The molecule has 0 spiro atoms. The maximum Gasteiger partial charge on any atom is 0.278 e. The summed E-state index contributed by atoms with van der Waals surface area (Å²) in [5, 5.41) is 3.64. The number of fused-ring (bicyclic) bond motifs is 2. The van der Waals surface area contributed by atoms with E-state index in [2.05, 4.69) is 27.4 Å². The second kappa shape index (κ2) is 6.64. The summed E-state index contributed by atoms with van der Waals surface area (Å²) in [4.78, 5) is 32.3. The van der Waals surface area contributed by atoms with Gasteiger partial charge in [0.15, 0.2) is 5.16 Å². The summed E-state index contributed by atoms with van der Waals surface area (Å²) >= 11 is 1.28. The summed E-state index contributed by atoms with van der Waals surface area (Å²) in [6.07, 6.45) is 1.93. The average molecular weight is 368 g/mol. The van der Waals surface area contributed by atoms with Gasteiger partial charge in [0.2, 0.25) is 5.91 Å². The molecule has 26 heavy (non-hydrogen) atoms. The van der Waals surface area contributed by atoms with Crippen LogP contribution in [0.4, 0.5) is 0 Å². The molecule has 0 bridgehead atoms. The largest absolute Gasteiger partial charge is 0.353 e. The Morgan fingerprint density at radius 2 is 2.23 bits per heavy atom. The van der Waals surface area contributed by atoms with Crippen molar-refractivity contribution in [2.45, 2.75) is 31.0 Å². The van der Waals surface area contributed by atoms with Crippen LogP contribution in [0.1, 0.15) is 29.3 Å². The number of carbonyl (C=O) groups is 1. The number of aromatic nitrogens is 3. The number of thioether (sulfide) groups is 1. The lowest BCUT2D eigenvalue weighted by Gasteiger charge is -2.14. The number of H-pyrrole nitrogens is 1. The van der Waals surface area contributed by atoms with Crippen LogP contribution in [0.25, 0.3) is 11.0 Å².